The van der Waals surface area contributed by atoms with Crippen LogP contribution >= 0.6 is 11.6 Å². The van der Waals surface area contributed by atoms with E-state index in [4.69, 9.17) is 31.0 Å². The minimum Gasteiger partial charge on any atom is -0.451 e. The lowest BCUT2D eigenvalue weighted by atomic mass is 10.3. The molecule has 0 radical (unpaired) electrons. The second kappa shape index (κ2) is 13.3. The van der Waals surface area contributed by atoms with E-state index in [9.17, 15) is 26.8 Å². The Hall–Kier alpha value is -3.04. The average Bonchev–Trinajstić information content (AvgIpc) is 2.84. The lowest BCUT2D eigenvalue weighted by Crippen LogP contribution is -2.44. The largest absolute Gasteiger partial charge is 0.451 e. The fraction of sp³-hybridized carbons (Fsp3) is 0.333. The molecule has 0 aliphatic carbocycles. The van der Waals surface area contributed by atoms with Gasteiger partial charge in [0.25, 0.3) is 5.91 Å². The first-order valence-electron chi connectivity index (χ1n) is 10.2. The van der Waals surface area contributed by atoms with E-state index in [2.05, 4.69) is 0 Å². The number of likely N-dealkylation sites (N-methyl/N-ethyl adjacent to an activating group) is 1. The first kappa shape index (κ1) is 29.2. The van der Waals surface area contributed by atoms with Crippen molar-refractivity contribution < 1.29 is 46.2 Å². The molecule has 2 N–H and O–H groups in total. The molecule has 0 unspecified atom stereocenters. The van der Waals surface area contributed by atoms with Crippen LogP contribution < -0.4 is 10.2 Å². The maximum absolute atomic E-state index is 14.7. The summed E-state index contributed by atoms with van der Waals surface area (Å²) in [6, 6.07) is 6.63. The molecule has 2 aromatic carbocycles. The highest BCUT2D eigenvalue weighted by Crippen LogP contribution is 2.31. The van der Waals surface area contributed by atoms with Crippen molar-refractivity contribution in [2.24, 2.45) is 0 Å². The van der Waals surface area contributed by atoms with Gasteiger partial charge in [-0.05, 0) is 36.4 Å². The molecule has 0 fully saturated rings. The van der Waals surface area contributed by atoms with Crippen LogP contribution in [0.5, 0.6) is 11.5 Å². The van der Waals surface area contributed by atoms with Crippen LogP contribution in [-0.4, -0.2) is 81.8 Å². The molecule has 0 saturated heterocycles. The fourth-order valence-corrected chi connectivity index (χ4v) is 4.25. The normalized spacial score (nSPS) is 11.3. The SMILES string of the molecule is COCCOC(=O)N(C)CCN(CC(=O)NO)S(=O)(=O)c1cc(F)c(Oc2ccc(Cl)cc2)c(F)c1. The van der Waals surface area contributed by atoms with Crippen LogP contribution in [0.2, 0.25) is 5.02 Å². The minimum absolute atomic E-state index is 0.0440. The highest BCUT2D eigenvalue weighted by atomic mass is 35.5. The third-order valence-electron chi connectivity index (χ3n) is 4.60. The summed E-state index contributed by atoms with van der Waals surface area (Å²) in [7, 11) is -1.95. The number of hydroxylamine groups is 1. The number of rotatable bonds is 12. The molecule has 2 aromatic rings. The first-order valence-corrected chi connectivity index (χ1v) is 12.0. The van der Waals surface area contributed by atoms with Gasteiger partial charge in [0.1, 0.15) is 12.4 Å². The molecule has 0 heterocycles. The number of hydrogen-bond acceptors (Lipinski definition) is 8. The Labute approximate surface area is 211 Å². The van der Waals surface area contributed by atoms with Crippen molar-refractivity contribution in [2.45, 2.75) is 4.90 Å². The van der Waals surface area contributed by atoms with Crippen molar-refractivity contribution in [3.8, 4) is 11.5 Å². The van der Waals surface area contributed by atoms with E-state index in [0.29, 0.717) is 21.5 Å². The quantitative estimate of drug-likeness (QED) is 0.233. The lowest BCUT2D eigenvalue weighted by molar-refractivity contribution is -0.129. The van der Waals surface area contributed by atoms with Gasteiger partial charge >= 0.3 is 6.09 Å². The summed E-state index contributed by atoms with van der Waals surface area (Å²) in [4.78, 5) is 23.9. The second-order valence-electron chi connectivity index (χ2n) is 7.17. The van der Waals surface area contributed by atoms with Crippen molar-refractivity contribution in [3.05, 3.63) is 53.1 Å². The van der Waals surface area contributed by atoms with Gasteiger partial charge in [0.2, 0.25) is 10.0 Å². The summed E-state index contributed by atoms with van der Waals surface area (Å²) >= 11 is 5.76. The van der Waals surface area contributed by atoms with E-state index in [-0.39, 0.29) is 25.5 Å². The van der Waals surface area contributed by atoms with Crippen LogP contribution in [0.15, 0.2) is 41.3 Å². The van der Waals surface area contributed by atoms with E-state index in [0.717, 1.165) is 4.90 Å². The minimum atomic E-state index is -4.68. The van der Waals surface area contributed by atoms with Gasteiger partial charge in [-0.2, -0.15) is 4.31 Å². The molecule has 11 nitrogen and oxygen atoms in total. The Balaban J connectivity index is 2.26. The molecule has 0 bridgehead atoms. The molecule has 0 spiro atoms. The van der Waals surface area contributed by atoms with Crippen LogP contribution in [0, 0.1) is 11.6 Å². The zero-order chi connectivity index (χ0) is 26.9. The highest BCUT2D eigenvalue weighted by molar-refractivity contribution is 7.89. The lowest BCUT2D eigenvalue weighted by Gasteiger charge is -2.24. The molecular formula is C21H24ClF2N3O8S. The van der Waals surface area contributed by atoms with Crippen molar-refractivity contribution >= 4 is 33.6 Å². The number of benzene rings is 2. The Bertz CT molecular complexity index is 1150. The van der Waals surface area contributed by atoms with Crippen LogP contribution in [0.3, 0.4) is 0 Å². The Morgan fingerprint density at radius 3 is 2.25 bits per heavy atom. The predicted octanol–water partition coefficient (Wildman–Crippen LogP) is 2.62. The number of nitrogens with zero attached hydrogens (tertiary/aromatic N) is 2. The van der Waals surface area contributed by atoms with Crippen LogP contribution in [0.25, 0.3) is 0 Å². The third-order valence-corrected chi connectivity index (χ3v) is 6.67. The summed E-state index contributed by atoms with van der Waals surface area (Å²) in [5, 5.41) is 9.19. The molecular weight excluding hydrogens is 528 g/mol. The zero-order valence-electron chi connectivity index (χ0n) is 19.2. The Morgan fingerprint density at radius 1 is 1.08 bits per heavy atom. The van der Waals surface area contributed by atoms with Crippen LogP contribution in [0.4, 0.5) is 13.6 Å². The van der Waals surface area contributed by atoms with Crippen molar-refractivity contribution in [1.82, 2.24) is 14.7 Å². The Kier molecular flexibility index (Phi) is 10.8. The highest BCUT2D eigenvalue weighted by Gasteiger charge is 2.30. The molecule has 2 amide bonds. The van der Waals surface area contributed by atoms with E-state index < -0.39 is 57.4 Å². The van der Waals surface area contributed by atoms with Gasteiger partial charge in [-0.3, -0.25) is 10.0 Å². The average molecular weight is 552 g/mol. The third kappa shape index (κ3) is 7.99. The van der Waals surface area contributed by atoms with Gasteiger partial charge in [-0.1, -0.05) is 11.6 Å². The van der Waals surface area contributed by atoms with Gasteiger partial charge in [-0.15, -0.1) is 0 Å². The molecule has 0 atom stereocenters. The molecule has 0 aliphatic rings. The van der Waals surface area contributed by atoms with Gasteiger partial charge in [0, 0.05) is 32.3 Å². The number of hydrogen-bond donors (Lipinski definition) is 2. The maximum Gasteiger partial charge on any atom is 0.409 e. The number of carbonyl (C=O) groups excluding carboxylic acids is 2. The number of ether oxygens (including phenoxy) is 3. The monoisotopic (exact) mass is 551 g/mol. The second-order valence-corrected chi connectivity index (χ2v) is 9.55. The van der Waals surface area contributed by atoms with E-state index in [1.165, 1.54) is 43.9 Å². The number of amides is 2. The number of nitrogens with one attached hydrogen (secondary N) is 1. The van der Waals surface area contributed by atoms with Crippen LogP contribution in [0.1, 0.15) is 0 Å². The molecule has 15 heteroatoms. The number of sulfonamides is 1. The van der Waals surface area contributed by atoms with Crippen molar-refractivity contribution in [1.29, 1.82) is 0 Å². The molecule has 0 saturated carbocycles. The molecule has 0 aromatic heterocycles. The smallest absolute Gasteiger partial charge is 0.409 e. The van der Waals surface area contributed by atoms with E-state index >= 15 is 0 Å². The maximum atomic E-state index is 14.7. The molecule has 2 rings (SSSR count). The van der Waals surface area contributed by atoms with Gasteiger partial charge < -0.3 is 19.1 Å². The summed E-state index contributed by atoms with van der Waals surface area (Å²) in [6.07, 6.45) is -0.795. The summed E-state index contributed by atoms with van der Waals surface area (Å²) in [5.74, 6) is -4.57. The van der Waals surface area contributed by atoms with Crippen molar-refractivity contribution in [3.63, 3.8) is 0 Å². The number of halogens is 3. The summed E-state index contributed by atoms with van der Waals surface area (Å²) < 4.78 is 71.0. The molecule has 0 aliphatic heterocycles. The first-order chi connectivity index (χ1) is 17.0. The van der Waals surface area contributed by atoms with E-state index in [1.54, 1.807) is 0 Å². The summed E-state index contributed by atoms with van der Waals surface area (Å²) in [5.41, 5.74) is 1.29. The topological polar surface area (TPSA) is 135 Å². The van der Waals surface area contributed by atoms with Gasteiger partial charge in [-0.25, -0.2) is 27.5 Å². The number of carbonyl (C=O) groups is 2. The van der Waals surface area contributed by atoms with E-state index in [1.807, 2.05) is 0 Å². The fourth-order valence-electron chi connectivity index (χ4n) is 2.71. The number of methoxy groups -OCH3 is 1. The molecule has 36 heavy (non-hydrogen) atoms. The Morgan fingerprint density at radius 2 is 1.69 bits per heavy atom. The van der Waals surface area contributed by atoms with Gasteiger partial charge in [0.05, 0.1) is 18.0 Å². The predicted molar refractivity (Wildman–Crippen MR) is 122 cm³/mol. The van der Waals surface area contributed by atoms with Crippen LogP contribution in [-0.2, 0) is 24.3 Å². The standard InChI is InChI=1S/C21H24ClF2N3O8S/c1-26(21(29)34-10-9-33-2)7-8-27(13-19(28)25-30)36(31,32)16-11-17(23)20(18(24)12-16)35-15-5-3-14(22)4-6-15/h3-6,11-12,30H,7-10,13H2,1-2H3,(H,25,28). The van der Waals surface area contributed by atoms with Gasteiger partial charge in [0.15, 0.2) is 17.4 Å². The zero-order valence-corrected chi connectivity index (χ0v) is 20.8. The van der Waals surface area contributed by atoms with Crippen molar-refractivity contribution in [2.75, 3.05) is 47.0 Å². The summed E-state index contributed by atoms with van der Waals surface area (Å²) in [6.45, 7) is -1.54. The molecule has 198 valence electrons.